The summed E-state index contributed by atoms with van der Waals surface area (Å²) < 4.78 is 21.1. The molecule has 1 aliphatic rings. The molecule has 0 aliphatic carbocycles. The van der Waals surface area contributed by atoms with E-state index in [4.69, 9.17) is 18.9 Å². The maximum absolute atomic E-state index is 11.0. The maximum atomic E-state index is 11.0. The Hall–Kier alpha value is -1.91. The Morgan fingerprint density at radius 1 is 1.29 bits per heavy atom. The van der Waals surface area contributed by atoms with Gasteiger partial charge in [-0.1, -0.05) is 0 Å². The molecule has 0 radical (unpaired) electrons. The van der Waals surface area contributed by atoms with E-state index in [0.29, 0.717) is 29.6 Å². The molecule has 2 rings (SSSR count). The SMILES string of the molecule is COc1cc(OC(C)=O)c(OC)c2c1CCO2. The van der Waals surface area contributed by atoms with E-state index in [1.54, 1.807) is 13.2 Å². The highest BCUT2D eigenvalue weighted by molar-refractivity contribution is 5.73. The zero-order valence-electron chi connectivity index (χ0n) is 10.0. The molecule has 0 fully saturated rings. The number of benzene rings is 1. The highest BCUT2D eigenvalue weighted by atomic mass is 16.6. The molecular weight excluding hydrogens is 224 g/mol. The van der Waals surface area contributed by atoms with Gasteiger partial charge in [0.05, 0.1) is 20.8 Å². The molecule has 0 aromatic heterocycles. The topological polar surface area (TPSA) is 54.0 Å². The average Bonchev–Trinajstić information content (AvgIpc) is 2.76. The Morgan fingerprint density at radius 3 is 2.65 bits per heavy atom. The number of carbonyl (C=O) groups excluding carboxylic acids is 1. The lowest BCUT2D eigenvalue weighted by Gasteiger charge is -2.14. The summed E-state index contributed by atoms with van der Waals surface area (Å²) >= 11 is 0. The van der Waals surface area contributed by atoms with Gasteiger partial charge < -0.3 is 18.9 Å². The van der Waals surface area contributed by atoms with Crippen molar-refractivity contribution in [1.29, 1.82) is 0 Å². The molecule has 1 aliphatic heterocycles. The molecular formula is C12H14O5. The lowest BCUT2D eigenvalue weighted by atomic mass is 10.1. The standard InChI is InChI=1S/C12H14O5/c1-7(13)17-10-6-9(14-2)8-4-5-16-11(8)12(10)15-3/h6H,4-5H2,1-3H3. The van der Waals surface area contributed by atoms with E-state index < -0.39 is 5.97 Å². The largest absolute Gasteiger partial charge is 0.496 e. The Kier molecular flexibility index (Phi) is 3.08. The lowest BCUT2D eigenvalue weighted by molar-refractivity contribution is -0.132. The zero-order valence-corrected chi connectivity index (χ0v) is 10.0. The van der Waals surface area contributed by atoms with Gasteiger partial charge >= 0.3 is 5.97 Å². The lowest BCUT2D eigenvalue weighted by Crippen LogP contribution is -2.04. The third-order valence-corrected chi connectivity index (χ3v) is 2.54. The van der Waals surface area contributed by atoms with Crippen LogP contribution in [-0.4, -0.2) is 26.8 Å². The first-order valence-electron chi connectivity index (χ1n) is 5.26. The summed E-state index contributed by atoms with van der Waals surface area (Å²) in [5.74, 6) is 1.59. The number of hydrogen-bond donors (Lipinski definition) is 0. The summed E-state index contributed by atoms with van der Waals surface area (Å²) in [4.78, 5) is 11.0. The minimum atomic E-state index is -0.414. The van der Waals surface area contributed by atoms with Crippen LogP contribution >= 0.6 is 0 Å². The second-order valence-corrected chi connectivity index (χ2v) is 3.61. The minimum absolute atomic E-state index is 0.317. The predicted molar refractivity (Wildman–Crippen MR) is 60.1 cm³/mol. The van der Waals surface area contributed by atoms with Crippen molar-refractivity contribution in [2.45, 2.75) is 13.3 Å². The van der Waals surface area contributed by atoms with Crippen LogP contribution in [0.4, 0.5) is 0 Å². The highest BCUT2D eigenvalue weighted by Gasteiger charge is 2.26. The number of esters is 1. The second kappa shape index (κ2) is 4.53. The van der Waals surface area contributed by atoms with Gasteiger partial charge in [0.2, 0.25) is 5.75 Å². The first-order chi connectivity index (χ1) is 8.17. The van der Waals surface area contributed by atoms with Crippen molar-refractivity contribution in [1.82, 2.24) is 0 Å². The number of carbonyl (C=O) groups is 1. The van der Waals surface area contributed by atoms with Crippen molar-refractivity contribution in [2.75, 3.05) is 20.8 Å². The van der Waals surface area contributed by atoms with Crippen LogP contribution in [0, 0.1) is 0 Å². The fourth-order valence-electron chi connectivity index (χ4n) is 1.88. The first-order valence-corrected chi connectivity index (χ1v) is 5.26. The van der Waals surface area contributed by atoms with Crippen molar-refractivity contribution in [3.05, 3.63) is 11.6 Å². The fourth-order valence-corrected chi connectivity index (χ4v) is 1.88. The summed E-state index contributed by atoms with van der Waals surface area (Å²) in [5.41, 5.74) is 0.945. The number of rotatable bonds is 3. The molecule has 1 aromatic rings. The molecule has 0 saturated heterocycles. The maximum Gasteiger partial charge on any atom is 0.308 e. The van der Waals surface area contributed by atoms with Crippen molar-refractivity contribution in [3.8, 4) is 23.0 Å². The summed E-state index contributed by atoms with van der Waals surface area (Å²) in [6.07, 6.45) is 0.759. The summed E-state index contributed by atoms with van der Waals surface area (Å²) in [6.45, 7) is 1.91. The fraction of sp³-hybridized carbons (Fsp3) is 0.417. The van der Waals surface area contributed by atoms with Crippen molar-refractivity contribution in [2.24, 2.45) is 0 Å². The van der Waals surface area contributed by atoms with E-state index >= 15 is 0 Å². The normalized spacial score (nSPS) is 12.6. The predicted octanol–water partition coefficient (Wildman–Crippen LogP) is 1.56. The van der Waals surface area contributed by atoms with Crippen LogP contribution in [0.5, 0.6) is 23.0 Å². The Labute approximate surface area is 99.2 Å². The smallest absolute Gasteiger partial charge is 0.308 e. The van der Waals surface area contributed by atoms with E-state index in [0.717, 1.165) is 12.0 Å². The molecule has 17 heavy (non-hydrogen) atoms. The van der Waals surface area contributed by atoms with Crippen molar-refractivity contribution in [3.63, 3.8) is 0 Å². The van der Waals surface area contributed by atoms with Crippen LogP contribution in [-0.2, 0) is 11.2 Å². The molecule has 0 saturated carbocycles. The summed E-state index contributed by atoms with van der Waals surface area (Å²) in [5, 5.41) is 0. The van der Waals surface area contributed by atoms with Gasteiger partial charge in [0, 0.05) is 25.0 Å². The third kappa shape index (κ3) is 2.00. The van der Waals surface area contributed by atoms with E-state index in [2.05, 4.69) is 0 Å². The molecule has 0 N–H and O–H groups in total. The monoisotopic (exact) mass is 238 g/mol. The summed E-state index contributed by atoms with van der Waals surface area (Å²) in [7, 11) is 3.08. The number of methoxy groups -OCH3 is 2. The molecule has 0 atom stereocenters. The van der Waals surface area contributed by atoms with Crippen LogP contribution in [0.1, 0.15) is 12.5 Å². The van der Waals surface area contributed by atoms with Crippen LogP contribution in [0.25, 0.3) is 0 Å². The molecule has 1 heterocycles. The van der Waals surface area contributed by atoms with Gasteiger partial charge in [-0.3, -0.25) is 4.79 Å². The number of ether oxygens (including phenoxy) is 4. The van der Waals surface area contributed by atoms with Gasteiger partial charge in [-0.05, 0) is 0 Å². The highest BCUT2D eigenvalue weighted by Crippen LogP contribution is 2.47. The van der Waals surface area contributed by atoms with Crippen molar-refractivity contribution < 1.29 is 23.7 Å². The van der Waals surface area contributed by atoms with Crippen LogP contribution in [0.15, 0.2) is 6.07 Å². The van der Waals surface area contributed by atoms with Crippen LogP contribution in [0.2, 0.25) is 0 Å². The molecule has 5 heteroatoms. The zero-order chi connectivity index (χ0) is 12.4. The molecule has 5 nitrogen and oxygen atoms in total. The average molecular weight is 238 g/mol. The van der Waals surface area contributed by atoms with E-state index in [-0.39, 0.29) is 0 Å². The van der Waals surface area contributed by atoms with Crippen LogP contribution < -0.4 is 18.9 Å². The third-order valence-electron chi connectivity index (χ3n) is 2.54. The molecule has 0 unspecified atom stereocenters. The van der Waals surface area contributed by atoms with E-state index in [1.807, 2.05) is 0 Å². The van der Waals surface area contributed by atoms with Gasteiger partial charge in [0.25, 0.3) is 0 Å². The van der Waals surface area contributed by atoms with E-state index in [1.165, 1.54) is 14.0 Å². The first kappa shape index (κ1) is 11.6. The van der Waals surface area contributed by atoms with Gasteiger partial charge in [-0.2, -0.15) is 0 Å². The molecule has 92 valence electrons. The minimum Gasteiger partial charge on any atom is -0.496 e. The molecule has 0 spiro atoms. The van der Waals surface area contributed by atoms with Crippen LogP contribution in [0.3, 0.4) is 0 Å². The number of fused-ring (bicyclic) bond motifs is 1. The van der Waals surface area contributed by atoms with Gasteiger partial charge in [0.1, 0.15) is 5.75 Å². The van der Waals surface area contributed by atoms with E-state index in [9.17, 15) is 4.79 Å². The van der Waals surface area contributed by atoms with Gasteiger partial charge in [-0.15, -0.1) is 0 Å². The Morgan fingerprint density at radius 2 is 2.06 bits per heavy atom. The Bertz CT molecular complexity index is 453. The second-order valence-electron chi connectivity index (χ2n) is 3.61. The van der Waals surface area contributed by atoms with Gasteiger partial charge in [0.15, 0.2) is 11.5 Å². The Balaban J connectivity index is 2.55. The number of hydrogen-bond acceptors (Lipinski definition) is 5. The molecule has 0 amide bonds. The van der Waals surface area contributed by atoms with Crippen molar-refractivity contribution >= 4 is 5.97 Å². The summed E-state index contributed by atoms with van der Waals surface area (Å²) in [6, 6.07) is 1.65. The van der Waals surface area contributed by atoms with Gasteiger partial charge in [-0.25, -0.2) is 0 Å². The quantitative estimate of drug-likeness (QED) is 0.591. The molecule has 0 bridgehead atoms. The molecule has 1 aromatic carbocycles.